The Morgan fingerprint density at radius 3 is 2.53 bits per heavy atom. The quantitative estimate of drug-likeness (QED) is 0.447. The highest BCUT2D eigenvalue weighted by molar-refractivity contribution is 7.11. The standard InChI is InChI=1S/C21H29F2N5O3S/c1-6-13(9-25-21(3,4)5)26-20(30)27-19-16(17(24)29)18(28-32-19)31-10-12-8-14(22)11(2)7-15(12)23/h7-8,13,25H,6,9-10H2,1-5H3,(H2,24,29)(H2,26,27,30). The molecule has 1 heterocycles. The lowest BCUT2D eigenvalue weighted by molar-refractivity contribution is 0.0996. The molecule has 11 heteroatoms. The van der Waals surface area contributed by atoms with Crippen LogP contribution in [0, 0.1) is 18.6 Å². The third-order valence-corrected chi connectivity index (χ3v) is 5.28. The predicted molar refractivity (Wildman–Crippen MR) is 120 cm³/mol. The zero-order valence-electron chi connectivity index (χ0n) is 18.8. The molecule has 0 saturated heterocycles. The van der Waals surface area contributed by atoms with Crippen LogP contribution in [0.4, 0.5) is 18.6 Å². The summed E-state index contributed by atoms with van der Waals surface area (Å²) in [4.78, 5) is 24.4. The van der Waals surface area contributed by atoms with Crippen molar-refractivity contribution in [3.8, 4) is 5.88 Å². The second-order valence-corrected chi connectivity index (χ2v) is 9.15. The molecule has 1 atom stereocenters. The van der Waals surface area contributed by atoms with E-state index in [1.165, 1.54) is 6.92 Å². The van der Waals surface area contributed by atoms with Gasteiger partial charge >= 0.3 is 6.03 Å². The van der Waals surface area contributed by atoms with Gasteiger partial charge in [-0.2, -0.15) is 4.37 Å². The molecule has 5 N–H and O–H groups in total. The highest BCUT2D eigenvalue weighted by atomic mass is 32.1. The fourth-order valence-electron chi connectivity index (χ4n) is 2.67. The summed E-state index contributed by atoms with van der Waals surface area (Å²) < 4.78 is 37.2. The summed E-state index contributed by atoms with van der Waals surface area (Å²) in [5.41, 5.74) is 5.32. The maximum Gasteiger partial charge on any atom is 0.320 e. The van der Waals surface area contributed by atoms with Crippen LogP contribution in [-0.2, 0) is 6.61 Å². The molecule has 8 nitrogen and oxygen atoms in total. The van der Waals surface area contributed by atoms with Gasteiger partial charge in [0.25, 0.3) is 5.91 Å². The number of halogens is 2. The van der Waals surface area contributed by atoms with Crippen LogP contribution < -0.4 is 26.4 Å². The molecule has 2 rings (SSSR count). The van der Waals surface area contributed by atoms with E-state index in [0.717, 1.165) is 23.7 Å². The molecular formula is C21H29F2N5O3S. The Morgan fingerprint density at radius 1 is 1.25 bits per heavy atom. The molecular weight excluding hydrogens is 440 g/mol. The summed E-state index contributed by atoms with van der Waals surface area (Å²) in [5.74, 6) is -2.27. The van der Waals surface area contributed by atoms with Crippen LogP contribution in [0.2, 0.25) is 0 Å². The number of benzene rings is 1. The van der Waals surface area contributed by atoms with Crippen LogP contribution >= 0.6 is 11.5 Å². The topological polar surface area (TPSA) is 118 Å². The van der Waals surface area contributed by atoms with E-state index in [9.17, 15) is 18.4 Å². The summed E-state index contributed by atoms with van der Waals surface area (Å²) in [5, 5.41) is 8.80. The van der Waals surface area contributed by atoms with Crippen LogP contribution in [0.3, 0.4) is 0 Å². The SMILES string of the molecule is CCC(CNC(C)(C)C)NC(=O)Nc1snc(OCc2cc(F)c(C)cc2F)c1C(N)=O. The van der Waals surface area contributed by atoms with Crippen molar-refractivity contribution in [1.29, 1.82) is 0 Å². The normalized spacial score (nSPS) is 12.3. The first-order chi connectivity index (χ1) is 14.9. The molecule has 0 aliphatic heterocycles. The molecule has 32 heavy (non-hydrogen) atoms. The zero-order valence-corrected chi connectivity index (χ0v) is 19.6. The van der Waals surface area contributed by atoms with E-state index < -0.39 is 23.6 Å². The number of aryl methyl sites for hydroxylation is 1. The number of nitrogens with zero attached hydrogens (tertiary/aromatic N) is 1. The number of aromatic nitrogens is 1. The predicted octanol–water partition coefficient (Wildman–Crippen LogP) is 3.70. The largest absolute Gasteiger partial charge is 0.471 e. The van der Waals surface area contributed by atoms with E-state index in [0.29, 0.717) is 13.0 Å². The lowest BCUT2D eigenvalue weighted by Gasteiger charge is -2.25. The van der Waals surface area contributed by atoms with Gasteiger partial charge in [0, 0.05) is 23.7 Å². The average molecular weight is 470 g/mol. The van der Waals surface area contributed by atoms with Gasteiger partial charge in [-0.3, -0.25) is 10.1 Å². The lowest BCUT2D eigenvalue weighted by Crippen LogP contribution is -2.48. The van der Waals surface area contributed by atoms with Crippen LogP contribution in [0.15, 0.2) is 12.1 Å². The molecule has 0 spiro atoms. The van der Waals surface area contributed by atoms with Gasteiger partial charge in [-0.25, -0.2) is 13.6 Å². The lowest BCUT2D eigenvalue weighted by atomic mass is 10.1. The Balaban J connectivity index is 2.08. The molecule has 1 aromatic heterocycles. The number of anilines is 1. The highest BCUT2D eigenvalue weighted by Gasteiger charge is 2.23. The number of nitrogens with two attached hydrogens (primary N) is 1. The molecule has 0 fully saturated rings. The van der Waals surface area contributed by atoms with Gasteiger partial charge in [0.15, 0.2) is 0 Å². The Bertz CT molecular complexity index is 975. The molecule has 0 aliphatic rings. The number of nitrogens with one attached hydrogen (secondary N) is 3. The third kappa shape index (κ3) is 7.13. The van der Waals surface area contributed by atoms with Gasteiger partial charge in [0.2, 0.25) is 5.88 Å². The zero-order chi connectivity index (χ0) is 24.1. The van der Waals surface area contributed by atoms with Gasteiger partial charge < -0.3 is 21.1 Å². The van der Waals surface area contributed by atoms with Crippen molar-refractivity contribution >= 4 is 28.5 Å². The average Bonchev–Trinajstić information content (AvgIpc) is 3.08. The Morgan fingerprint density at radius 2 is 1.94 bits per heavy atom. The molecule has 0 saturated carbocycles. The maximum absolute atomic E-state index is 14.0. The minimum atomic E-state index is -0.874. The number of carbonyl (C=O) groups excluding carboxylic acids is 2. The summed E-state index contributed by atoms with van der Waals surface area (Å²) in [7, 11) is 0. The Hall–Kier alpha value is -2.79. The molecule has 2 aromatic rings. The van der Waals surface area contributed by atoms with Crippen molar-refractivity contribution in [3.05, 3.63) is 40.5 Å². The number of ether oxygens (including phenoxy) is 1. The van der Waals surface area contributed by atoms with Crippen LogP contribution in [-0.4, -0.2) is 34.4 Å². The number of urea groups is 1. The molecule has 0 radical (unpaired) electrons. The van der Waals surface area contributed by atoms with Crippen molar-refractivity contribution in [3.63, 3.8) is 0 Å². The fourth-order valence-corrected chi connectivity index (χ4v) is 3.41. The molecule has 1 unspecified atom stereocenters. The minimum absolute atomic E-state index is 0.0408. The van der Waals surface area contributed by atoms with E-state index in [2.05, 4.69) is 20.3 Å². The van der Waals surface area contributed by atoms with E-state index >= 15 is 0 Å². The van der Waals surface area contributed by atoms with E-state index in [1.54, 1.807) is 0 Å². The first-order valence-corrected chi connectivity index (χ1v) is 10.9. The number of hydrogen-bond donors (Lipinski definition) is 4. The molecule has 1 aromatic carbocycles. The van der Waals surface area contributed by atoms with Gasteiger partial charge in [0.1, 0.15) is 28.8 Å². The summed E-state index contributed by atoms with van der Waals surface area (Å²) in [6.07, 6.45) is 0.689. The molecule has 3 amide bonds. The van der Waals surface area contributed by atoms with Gasteiger partial charge in [-0.05, 0) is 63.3 Å². The van der Waals surface area contributed by atoms with Crippen LogP contribution in [0.1, 0.15) is 55.6 Å². The van der Waals surface area contributed by atoms with E-state index in [1.807, 2.05) is 27.7 Å². The smallest absolute Gasteiger partial charge is 0.320 e. The van der Waals surface area contributed by atoms with Crippen molar-refractivity contribution in [1.82, 2.24) is 15.0 Å². The number of hydrogen-bond acceptors (Lipinski definition) is 6. The van der Waals surface area contributed by atoms with E-state index in [-0.39, 0.29) is 45.8 Å². The fraction of sp³-hybridized carbons (Fsp3) is 0.476. The Labute approximate surface area is 190 Å². The number of primary amides is 1. The first-order valence-electron chi connectivity index (χ1n) is 10.1. The first kappa shape index (κ1) is 25.5. The second-order valence-electron chi connectivity index (χ2n) is 8.37. The number of amides is 3. The number of rotatable bonds is 9. The molecule has 0 aliphatic carbocycles. The van der Waals surface area contributed by atoms with Crippen molar-refractivity contribution in [2.45, 2.75) is 59.2 Å². The summed E-state index contributed by atoms with van der Waals surface area (Å²) in [6.45, 7) is 9.65. The van der Waals surface area contributed by atoms with E-state index in [4.69, 9.17) is 10.5 Å². The maximum atomic E-state index is 14.0. The van der Waals surface area contributed by atoms with Crippen molar-refractivity contribution < 1.29 is 23.1 Å². The second kappa shape index (κ2) is 10.7. The molecule has 0 bridgehead atoms. The van der Waals surface area contributed by atoms with Gasteiger partial charge in [-0.15, -0.1) is 0 Å². The van der Waals surface area contributed by atoms with Gasteiger partial charge in [-0.1, -0.05) is 6.92 Å². The van der Waals surface area contributed by atoms with Crippen molar-refractivity contribution in [2.24, 2.45) is 5.73 Å². The van der Waals surface area contributed by atoms with Crippen LogP contribution in [0.5, 0.6) is 5.88 Å². The Kier molecular flexibility index (Phi) is 8.51. The third-order valence-electron chi connectivity index (χ3n) is 4.53. The summed E-state index contributed by atoms with van der Waals surface area (Å²) in [6, 6.07) is 1.40. The minimum Gasteiger partial charge on any atom is -0.471 e. The summed E-state index contributed by atoms with van der Waals surface area (Å²) >= 11 is 0.799. The van der Waals surface area contributed by atoms with Crippen LogP contribution in [0.25, 0.3) is 0 Å². The molecule has 176 valence electrons. The number of carbonyl (C=O) groups is 2. The monoisotopic (exact) mass is 469 g/mol. The highest BCUT2D eigenvalue weighted by Crippen LogP contribution is 2.31. The van der Waals surface area contributed by atoms with Gasteiger partial charge in [0.05, 0.1) is 0 Å². The van der Waals surface area contributed by atoms with Crippen molar-refractivity contribution in [2.75, 3.05) is 11.9 Å².